The maximum absolute atomic E-state index is 13.3. The summed E-state index contributed by atoms with van der Waals surface area (Å²) < 4.78 is 29.2. The number of aliphatic hydroxyl groups excluding tert-OH is 1. The highest BCUT2D eigenvalue weighted by Gasteiger charge is 2.38. The number of ether oxygens (including phenoxy) is 1. The number of nitrogens with zero attached hydrogens (tertiary/aromatic N) is 1. The van der Waals surface area contributed by atoms with Gasteiger partial charge in [0.1, 0.15) is 19.3 Å². The maximum Gasteiger partial charge on any atom is 0.472 e. The Morgan fingerprint density at radius 1 is 0.635 bits per heavy atom. The number of Topliss-reactive ketones (excluding diaryl/α,β-unsaturated/α-hetero) is 1. The normalized spacial score (nSPS) is 14.4. The van der Waals surface area contributed by atoms with Crippen LogP contribution in [0.2, 0.25) is 0 Å². The number of esters is 1. The molecule has 0 aliphatic heterocycles. The highest BCUT2D eigenvalue weighted by Crippen LogP contribution is 2.45. The first-order valence-corrected chi connectivity index (χ1v) is 22.9. The van der Waals surface area contributed by atoms with E-state index in [2.05, 4.69) is 26.0 Å². The van der Waals surface area contributed by atoms with Crippen LogP contribution < -0.4 is 0 Å². The molecule has 52 heavy (non-hydrogen) atoms. The Labute approximate surface area is 320 Å². The van der Waals surface area contributed by atoms with Crippen molar-refractivity contribution in [2.45, 2.75) is 206 Å². The van der Waals surface area contributed by atoms with Gasteiger partial charge in [-0.05, 0) is 38.5 Å². The number of hydrogen-bond acceptors (Lipinski definition) is 7. The Morgan fingerprint density at radius 3 is 1.46 bits per heavy atom. The maximum atomic E-state index is 13.3. The first-order chi connectivity index (χ1) is 25.0. The van der Waals surface area contributed by atoms with Crippen molar-refractivity contribution in [3.05, 3.63) is 12.2 Å². The SMILES string of the molecule is CCCCCCCC/C=C\CCCCCCCC(=O)OC(C(=O)CCCCCCCCCCCCCCC)[C@H](CO)OP(=O)(O)OCC[N+](C)(C)C. The number of phosphoric acid groups is 1. The molecule has 2 N–H and O–H groups in total. The van der Waals surface area contributed by atoms with Gasteiger partial charge in [-0.2, -0.15) is 0 Å². The Hall–Kier alpha value is -1.09. The quantitative estimate of drug-likeness (QED) is 0.0209. The molecule has 0 rings (SSSR count). The lowest BCUT2D eigenvalue weighted by Crippen LogP contribution is -2.42. The van der Waals surface area contributed by atoms with Crippen LogP contribution in [-0.4, -0.2) is 79.3 Å². The predicted molar refractivity (Wildman–Crippen MR) is 215 cm³/mol. The van der Waals surface area contributed by atoms with Gasteiger partial charge in [-0.3, -0.25) is 18.6 Å². The summed E-state index contributed by atoms with van der Waals surface area (Å²) in [7, 11) is 1.14. The molecule has 10 heteroatoms. The molecule has 0 aromatic rings. The Morgan fingerprint density at radius 2 is 1.04 bits per heavy atom. The lowest BCUT2D eigenvalue weighted by Gasteiger charge is -2.27. The monoisotopic (exact) mass is 761 g/mol. The van der Waals surface area contributed by atoms with Gasteiger partial charge in [0.2, 0.25) is 0 Å². The number of likely N-dealkylation sites (N-methyl/N-ethyl adjacent to an activating group) is 1. The van der Waals surface area contributed by atoms with Crippen LogP contribution in [0.3, 0.4) is 0 Å². The largest absolute Gasteiger partial charge is 0.472 e. The van der Waals surface area contributed by atoms with Gasteiger partial charge < -0.3 is 19.2 Å². The number of aliphatic hydroxyl groups is 1. The van der Waals surface area contributed by atoms with Crippen molar-refractivity contribution in [3.63, 3.8) is 0 Å². The average Bonchev–Trinajstić information content (AvgIpc) is 3.09. The van der Waals surface area contributed by atoms with Gasteiger partial charge in [-0.1, -0.05) is 154 Å². The third-order valence-electron chi connectivity index (χ3n) is 9.55. The van der Waals surface area contributed by atoms with Crippen LogP contribution in [0.4, 0.5) is 0 Å². The Balaban J connectivity index is 4.70. The molecule has 0 fully saturated rings. The minimum absolute atomic E-state index is 0.0533. The fourth-order valence-corrected chi connectivity index (χ4v) is 7.06. The molecule has 9 nitrogen and oxygen atoms in total. The second-order valence-corrected chi connectivity index (χ2v) is 17.3. The second-order valence-electron chi connectivity index (χ2n) is 15.8. The van der Waals surface area contributed by atoms with Gasteiger partial charge in [0.05, 0.1) is 27.7 Å². The van der Waals surface area contributed by atoms with Crippen LogP contribution in [0.15, 0.2) is 12.2 Å². The van der Waals surface area contributed by atoms with E-state index in [9.17, 15) is 24.2 Å². The zero-order valence-electron chi connectivity index (χ0n) is 34.5. The number of carbonyl (C=O) groups is 2. The van der Waals surface area contributed by atoms with Crippen molar-refractivity contribution in [2.24, 2.45) is 0 Å². The number of unbranched alkanes of at least 4 members (excludes halogenated alkanes) is 23. The molecule has 0 radical (unpaired) electrons. The lowest BCUT2D eigenvalue weighted by atomic mass is 10.0. The molecular formula is C42H83NO8P+. The molecule has 0 saturated carbocycles. The summed E-state index contributed by atoms with van der Waals surface area (Å²) >= 11 is 0. The van der Waals surface area contributed by atoms with Crippen LogP contribution >= 0.6 is 7.82 Å². The summed E-state index contributed by atoms with van der Waals surface area (Å²) in [6.45, 7) is 4.12. The smallest absolute Gasteiger partial charge is 0.451 e. The highest BCUT2D eigenvalue weighted by molar-refractivity contribution is 7.47. The van der Waals surface area contributed by atoms with Gasteiger partial charge in [-0.15, -0.1) is 0 Å². The molecule has 0 spiro atoms. The minimum atomic E-state index is -4.62. The third kappa shape index (κ3) is 33.5. The highest BCUT2D eigenvalue weighted by atomic mass is 31.2. The van der Waals surface area contributed by atoms with E-state index >= 15 is 0 Å². The van der Waals surface area contributed by atoms with Crippen molar-refractivity contribution in [1.82, 2.24) is 0 Å². The molecule has 0 aromatic heterocycles. The van der Waals surface area contributed by atoms with Gasteiger partial charge in [0.25, 0.3) is 0 Å². The summed E-state index contributed by atoms with van der Waals surface area (Å²) in [6.07, 6.45) is 32.1. The van der Waals surface area contributed by atoms with E-state index in [1.54, 1.807) is 0 Å². The molecule has 0 aromatic carbocycles. The topological polar surface area (TPSA) is 119 Å². The van der Waals surface area contributed by atoms with Crippen LogP contribution in [0.5, 0.6) is 0 Å². The first-order valence-electron chi connectivity index (χ1n) is 21.4. The number of phosphoric ester groups is 1. The molecular weight excluding hydrogens is 677 g/mol. The number of rotatable bonds is 39. The predicted octanol–water partition coefficient (Wildman–Crippen LogP) is 11.2. The first kappa shape index (κ1) is 50.9. The average molecular weight is 761 g/mol. The molecule has 0 saturated heterocycles. The standard InChI is InChI=1S/C42H82NO8P/c1-6-8-10-12-14-16-18-20-21-23-25-27-29-31-33-35-41(46)50-42(40(38-44)51-52(47,48)49-37-36-43(3,4)5)39(45)34-32-30-28-26-24-22-19-17-15-13-11-9-7-2/h20-21,40,42,44H,6-19,22-38H2,1-5H3/p+1/b21-20-/t40-,42?/m0/s1. The van der Waals surface area contributed by atoms with Crippen molar-refractivity contribution >= 4 is 19.6 Å². The molecule has 0 aliphatic rings. The number of carbonyl (C=O) groups excluding carboxylic acids is 2. The summed E-state index contributed by atoms with van der Waals surface area (Å²) in [4.78, 5) is 36.6. The molecule has 0 bridgehead atoms. The van der Waals surface area contributed by atoms with Crippen molar-refractivity contribution in [2.75, 3.05) is 40.9 Å². The van der Waals surface area contributed by atoms with Crippen molar-refractivity contribution in [1.29, 1.82) is 0 Å². The fraction of sp³-hybridized carbons (Fsp3) is 0.905. The molecule has 2 unspecified atom stereocenters. The lowest BCUT2D eigenvalue weighted by molar-refractivity contribution is -0.870. The van der Waals surface area contributed by atoms with Crippen LogP contribution in [-0.2, 0) is 27.9 Å². The van der Waals surface area contributed by atoms with Gasteiger partial charge in [-0.25, -0.2) is 4.57 Å². The van der Waals surface area contributed by atoms with E-state index in [4.69, 9.17) is 13.8 Å². The van der Waals surface area contributed by atoms with E-state index in [1.165, 1.54) is 103 Å². The number of ketones is 1. The Bertz CT molecular complexity index is 922. The van der Waals surface area contributed by atoms with Gasteiger partial charge in [0.15, 0.2) is 11.9 Å². The van der Waals surface area contributed by atoms with E-state index in [1.807, 2.05) is 21.1 Å². The third-order valence-corrected chi connectivity index (χ3v) is 10.6. The second kappa shape index (κ2) is 34.4. The molecule has 308 valence electrons. The number of quaternary nitrogens is 1. The van der Waals surface area contributed by atoms with Crippen LogP contribution in [0, 0.1) is 0 Å². The Kier molecular flexibility index (Phi) is 33.7. The van der Waals surface area contributed by atoms with E-state index in [0.717, 1.165) is 51.4 Å². The van der Waals surface area contributed by atoms with Crippen molar-refractivity contribution in [3.8, 4) is 0 Å². The fourth-order valence-electron chi connectivity index (χ4n) is 6.16. The number of hydrogen-bond donors (Lipinski definition) is 2. The summed E-state index contributed by atoms with van der Waals surface area (Å²) in [5, 5.41) is 10.1. The van der Waals surface area contributed by atoms with E-state index in [-0.39, 0.29) is 19.4 Å². The van der Waals surface area contributed by atoms with Crippen LogP contribution in [0.25, 0.3) is 0 Å². The van der Waals surface area contributed by atoms with Gasteiger partial charge >= 0.3 is 13.8 Å². The van der Waals surface area contributed by atoms with E-state index < -0.39 is 38.4 Å². The number of allylic oxidation sites excluding steroid dienone is 2. The summed E-state index contributed by atoms with van der Waals surface area (Å²) in [5.74, 6) is -0.978. The zero-order chi connectivity index (χ0) is 38.8. The van der Waals surface area contributed by atoms with Crippen LogP contribution in [0.1, 0.15) is 194 Å². The van der Waals surface area contributed by atoms with Gasteiger partial charge in [0, 0.05) is 12.8 Å². The minimum Gasteiger partial charge on any atom is -0.451 e. The summed E-state index contributed by atoms with van der Waals surface area (Å²) in [6, 6.07) is 0. The van der Waals surface area contributed by atoms with E-state index in [0.29, 0.717) is 23.9 Å². The molecule has 0 amide bonds. The van der Waals surface area contributed by atoms with Crippen molar-refractivity contribution < 1.29 is 42.4 Å². The molecule has 0 aliphatic carbocycles. The molecule has 3 atom stereocenters. The molecule has 0 heterocycles. The zero-order valence-corrected chi connectivity index (χ0v) is 35.4. The summed E-state index contributed by atoms with van der Waals surface area (Å²) in [5.41, 5.74) is 0.